The molecule has 0 radical (unpaired) electrons. The Kier molecular flexibility index (Phi) is 11.6. The van der Waals surface area contributed by atoms with Gasteiger partial charge >= 0.3 is 5.97 Å². The van der Waals surface area contributed by atoms with Crippen molar-refractivity contribution in [1.29, 1.82) is 0 Å². The van der Waals surface area contributed by atoms with Crippen molar-refractivity contribution < 1.29 is 15.0 Å². The van der Waals surface area contributed by atoms with E-state index in [1.54, 1.807) is 24.4 Å². The zero-order valence-corrected chi connectivity index (χ0v) is 19.6. The summed E-state index contributed by atoms with van der Waals surface area (Å²) in [6.07, 6.45) is 20.5. The largest absolute Gasteiger partial charge is 0.506 e. The number of aromatic hydroxyl groups is 1. The van der Waals surface area contributed by atoms with Crippen LogP contribution in [0.5, 0.6) is 5.75 Å². The van der Waals surface area contributed by atoms with Gasteiger partial charge in [0.05, 0.1) is 11.9 Å². The first-order valence-electron chi connectivity index (χ1n) is 11.9. The SMILES string of the molecule is CCCCCCCC/C=C\CCCCCC(CC(=O)O)n1cc(O)c2ccc(Cl)cc21. The van der Waals surface area contributed by atoms with Crippen molar-refractivity contribution in [3.8, 4) is 5.75 Å². The van der Waals surface area contributed by atoms with E-state index >= 15 is 0 Å². The summed E-state index contributed by atoms with van der Waals surface area (Å²) in [6, 6.07) is 5.11. The third-order valence-electron chi connectivity index (χ3n) is 5.88. The minimum atomic E-state index is -0.828. The second kappa shape index (κ2) is 14.2. The molecule has 1 unspecified atom stereocenters. The smallest absolute Gasteiger partial charge is 0.305 e. The average molecular weight is 448 g/mol. The van der Waals surface area contributed by atoms with Crippen LogP contribution >= 0.6 is 11.6 Å². The molecular weight excluding hydrogens is 410 g/mol. The highest BCUT2D eigenvalue weighted by atomic mass is 35.5. The highest BCUT2D eigenvalue weighted by molar-refractivity contribution is 6.31. The topological polar surface area (TPSA) is 62.5 Å². The van der Waals surface area contributed by atoms with Crippen LogP contribution in [0.3, 0.4) is 0 Å². The molecule has 1 heterocycles. The second-order valence-electron chi connectivity index (χ2n) is 8.50. The summed E-state index contributed by atoms with van der Waals surface area (Å²) in [6.45, 7) is 2.25. The lowest BCUT2D eigenvalue weighted by Crippen LogP contribution is -2.13. The van der Waals surface area contributed by atoms with Gasteiger partial charge in [-0.05, 0) is 50.3 Å². The number of nitrogens with zero attached hydrogens (tertiary/aromatic N) is 1. The second-order valence-corrected chi connectivity index (χ2v) is 8.94. The van der Waals surface area contributed by atoms with Crippen molar-refractivity contribution in [3.63, 3.8) is 0 Å². The van der Waals surface area contributed by atoms with Gasteiger partial charge in [0.25, 0.3) is 0 Å². The van der Waals surface area contributed by atoms with Gasteiger partial charge in [0.2, 0.25) is 0 Å². The summed E-state index contributed by atoms with van der Waals surface area (Å²) in [5.41, 5.74) is 0.786. The number of rotatable bonds is 16. The molecule has 1 aromatic carbocycles. The van der Waals surface area contributed by atoms with Gasteiger partial charge in [-0.3, -0.25) is 4.79 Å². The zero-order valence-electron chi connectivity index (χ0n) is 18.9. The van der Waals surface area contributed by atoms with Gasteiger partial charge in [0.1, 0.15) is 5.75 Å². The monoisotopic (exact) mass is 447 g/mol. The molecule has 0 aliphatic heterocycles. The van der Waals surface area contributed by atoms with E-state index in [4.69, 9.17) is 11.6 Å². The number of aliphatic carboxylic acids is 1. The van der Waals surface area contributed by atoms with Gasteiger partial charge in [-0.1, -0.05) is 75.6 Å². The van der Waals surface area contributed by atoms with Gasteiger partial charge in [0.15, 0.2) is 0 Å². The maximum Gasteiger partial charge on any atom is 0.305 e. The fourth-order valence-corrected chi connectivity index (χ4v) is 4.31. The molecule has 0 saturated carbocycles. The van der Waals surface area contributed by atoms with E-state index in [2.05, 4.69) is 19.1 Å². The van der Waals surface area contributed by atoms with Crippen molar-refractivity contribution in [2.45, 2.75) is 96.4 Å². The molecule has 2 rings (SSSR count). The van der Waals surface area contributed by atoms with Gasteiger partial charge in [-0.15, -0.1) is 0 Å². The Morgan fingerprint density at radius 1 is 1.03 bits per heavy atom. The maximum atomic E-state index is 11.4. The van der Waals surface area contributed by atoms with E-state index in [9.17, 15) is 15.0 Å². The van der Waals surface area contributed by atoms with Crippen molar-refractivity contribution >= 4 is 28.5 Å². The molecule has 0 bridgehead atoms. The van der Waals surface area contributed by atoms with Gasteiger partial charge < -0.3 is 14.8 Å². The molecule has 0 saturated heterocycles. The fourth-order valence-electron chi connectivity index (χ4n) is 4.15. The summed E-state index contributed by atoms with van der Waals surface area (Å²) in [5.74, 6) is -0.663. The predicted molar refractivity (Wildman–Crippen MR) is 130 cm³/mol. The molecule has 1 atom stereocenters. The standard InChI is InChI=1S/C26H38ClNO3/c1-2-3-4-5-6-7-8-9-10-11-12-13-14-15-22(19-26(30)31)28-20-25(29)23-17-16-21(27)18-24(23)28/h9-10,16-18,20,22,29H,2-8,11-15,19H2,1H3,(H,30,31)/b10-9-. The molecule has 1 aromatic heterocycles. The average Bonchev–Trinajstić information content (AvgIpc) is 3.06. The molecule has 172 valence electrons. The van der Waals surface area contributed by atoms with Crippen LogP contribution in [0.15, 0.2) is 36.5 Å². The molecule has 31 heavy (non-hydrogen) atoms. The van der Waals surface area contributed by atoms with Crippen LogP contribution in [0.2, 0.25) is 5.02 Å². The molecule has 0 fully saturated rings. The van der Waals surface area contributed by atoms with Gasteiger partial charge in [-0.2, -0.15) is 0 Å². The van der Waals surface area contributed by atoms with Crippen LogP contribution in [0.4, 0.5) is 0 Å². The van der Waals surface area contributed by atoms with Crippen LogP contribution < -0.4 is 0 Å². The van der Waals surface area contributed by atoms with Gasteiger partial charge in [0, 0.05) is 22.6 Å². The number of aromatic nitrogens is 1. The summed E-state index contributed by atoms with van der Waals surface area (Å²) < 4.78 is 1.88. The Balaban J connectivity index is 1.74. The highest BCUT2D eigenvalue weighted by Gasteiger charge is 2.19. The molecule has 2 N–H and O–H groups in total. The Labute approximate surface area is 191 Å². The van der Waals surface area contributed by atoms with E-state index in [0.29, 0.717) is 10.4 Å². The Hall–Kier alpha value is -1.94. The third kappa shape index (κ3) is 8.98. The number of carboxylic acids is 1. The molecular formula is C26H38ClNO3. The van der Waals surface area contributed by atoms with Crippen molar-refractivity contribution in [1.82, 2.24) is 4.57 Å². The van der Waals surface area contributed by atoms with E-state index in [1.807, 2.05) is 4.57 Å². The normalized spacial score (nSPS) is 12.7. The zero-order chi connectivity index (χ0) is 22.5. The molecule has 0 amide bonds. The van der Waals surface area contributed by atoms with E-state index in [-0.39, 0.29) is 18.2 Å². The minimum Gasteiger partial charge on any atom is -0.506 e. The van der Waals surface area contributed by atoms with Crippen LogP contribution in [0, 0.1) is 0 Å². The summed E-state index contributed by atoms with van der Waals surface area (Å²) >= 11 is 6.13. The number of hydrogen-bond acceptors (Lipinski definition) is 2. The van der Waals surface area contributed by atoms with E-state index < -0.39 is 5.97 Å². The Morgan fingerprint density at radius 2 is 1.68 bits per heavy atom. The first-order chi connectivity index (χ1) is 15.0. The van der Waals surface area contributed by atoms with Crippen molar-refractivity contribution in [2.24, 2.45) is 0 Å². The number of unbranched alkanes of at least 4 members (excludes halogenated alkanes) is 9. The lowest BCUT2D eigenvalue weighted by molar-refractivity contribution is -0.137. The Morgan fingerprint density at radius 3 is 2.35 bits per heavy atom. The number of allylic oxidation sites excluding steroid dienone is 2. The van der Waals surface area contributed by atoms with Crippen LogP contribution in [-0.2, 0) is 4.79 Å². The lowest BCUT2D eigenvalue weighted by atomic mass is 10.0. The highest BCUT2D eigenvalue weighted by Crippen LogP contribution is 2.34. The first-order valence-corrected chi connectivity index (χ1v) is 12.3. The van der Waals surface area contributed by atoms with Crippen molar-refractivity contribution in [2.75, 3.05) is 0 Å². The molecule has 0 spiro atoms. The quantitative estimate of drug-likeness (QED) is 0.201. The molecule has 4 nitrogen and oxygen atoms in total. The van der Waals surface area contributed by atoms with E-state index in [1.165, 1.54) is 44.9 Å². The van der Waals surface area contributed by atoms with E-state index in [0.717, 1.165) is 37.6 Å². The number of carbonyl (C=O) groups is 1. The van der Waals surface area contributed by atoms with Gasteiger partial charge in [-0.25, -0.2) is 0 Å². The predicted octanol–water partition coefficient (Wildman–Crippen LogP) is 8.27. The fraction of sp³-hybridized carbons (Fsp3) is 0.577. The molecule has 2 aromatic rings. The lowest BCUT2D eigenvalue weighted by Gasteiger charge is -2.18. The van der Waals surface area contributed by atoms with Crippen molar-refractivity contribution in [3.05, 3.63) is 41.6 Å². The van der Waals surface area contributed by atoms with Crippen LogP contribution in [-0.4, -0.2) is 20.7 Å². The molecule has 5 heteroatoms. The number of halogens is 1. The van der Waals surface area contributed by atoms with Crippen LogP contribution in [0.1, 0.15) is 96.4 Å². The first kappa shape index (κ1) is 25.3. The summed E-state index contributed by atoms with van der Waals surface area (Å²) in [5, 5.41) is 20.9. The number of carboxylic acid groups (broad SMARTS) is 1. The number of benzene rings is 1. The molecule has 0 aliphatic carbocycles. The number of hydrogen-bond donors (Lipinski definition) is 2. The number of fused-ring (bicyclic) bond motifs is 1. The Bertz CT molecular complexity index is 827. The summed E-state index contributed by atoms with van der Waals surface area (Å²) in [7, 11) is 0. The third-order valence-corrected chi connectivity index (χ3v) is 6.11. The minimum absolute atomic E-state index is 0.0356. The maximum absolute atomic E-state index is 11.4. The molecule has 0 aliphatic rings. The summed E-state index contributed by atoms with van der Waals surface area (Å²) in [4.78, 5) is 11.4. The van der Waals surface area contributed by atoms with Crippen LogP contribution in [0.25, 0.3) is 10.9 Å².